The van der Waals surface area contributed by atoms with Crippen LogP contribution in [0.2, 0.25) is 0 Å². The van der Waals surface area contributed by atoms with Crippen LogP contribution in [0.1, 0.15) is 40.0 Å². The van der Waals surface area contributed by atoms with Gasteiger partial charge in [-0.2, -0.15) is 0 Å². The Morgan fingerprint density at radius 3 is 2.25 bits per heavy atom. The van der Waals surface area contributed by atoms with Crippen LogP contribution >= 0.6 is 0 Å². The molecular formula is C15H26O. The first-order valence-electron chi connectivity index (χ1n) is 6.43. The average molecular weight is 222 g/mol. The fraction of sp³-hybridized carbons (Fsp3) is 0.733. The second-order valence-corrected chi connectivity index (χ2v) is 5.73. The first-order valence-corrected chi connectivity index (χ1v) is 6.43. The van der Waals surface area contributed by atoms with Gasteiger partial charge in [0, 0.05) is 5.92 Å². The van der Waals surface area contributed by atoms with E-state index in [9.17, 15) is 5.11 Å². The normalized spacial score (nSPS) is 35.4. The molecule has 0 spiro atoms. The summed E-state index contributed by atoms with van der Waals surface area (Å²) in [5.41, 5.74) is -0.630. The van der Waals surface area contributed by atoms with E-state index < -0.39 is 5.60 Å². The molecule has 0 unspecified atom stereocenters. The molecule has 0 radical (unpaired) electrons. The summed E-state index contributed by atoms with van der Waals surface area (Å²) in [6, 6.07) is 0. The Morgan fingerprint density at radius 1 is 1.25 bits per heavy atom. The second-order valence-electron chi connectivity index (χ2n) is 5.73. The van der Waals surface area contributed by atoms with Gasteiger partial charge in [0.2, 0.25) is 0 Å². The van der Waals surface area contributed by atoms with E-state index in [0.29, 0.717) is 17.8 Å². The molecule has 1 fully saturated rings. The van der Waals surface area contributed by atoms with Crippen LogP contribution in [0.4, 0.5) is 0 Å². The van der Waals surface area contributed by atoms with Gasteiger partial charge in [-0.05, 0) is 30.6 Å². The van der Waals surface area contributed by atoms with E-state index >= 15 is 0 Å². The van der Waals surface area contributed by atoms with Gasteiger partial charge in [0.15, 0.2) is 0 Å². The Balaban J connectivity index is 2.99. The third kappa shape index (κ3) is 2.40. The van der Waals surface area contributed by atoms with Gasteiger partial charge >= 0.3 is 0 Å². The molecule has 1 nitrogen and oxygen atoms in total. The Kier molecular flexibility index (Phi) is 4.37. The lowest BCUT2D eigenvalue weighted by Crippen LogP contribution is -2.49. The van der Waals surface area contributed by atoms with E-state index in [1.165, 1.54) is 6.42 Å². The molecular weight excluding hydrogens is 196 g/mol. The second kappa shape index (κ2) is 5.18. The van der Waals surface area contributed by atoms with Crippen molar-refractivity contribution in [1.82, 2.24) is 0 Å². The van der Waals surface area contributed by atoms with Gasteiger partial charge in [-0.25, -0.2) is 0 Å². The van der Waals surface area contributed by atoms with Crippen LogP contribution in [0.5, 0.6) is 0 Å². The van der Waals surface area contributed by atoms with Crippen LogP contribution < -0.4 is 0 Å². The third-order valence-electron chi connectivity index (χ3n) is 4.18. The van der Waals surface area contributed by atoms with Crippen LogP contribution in [0.15, 0.2) is 25.3 Å². The fourth-order valence-corrected chi connectivity index (χ4v) is 3.32. The van der Waals surface area contributed by atoms with Crippen molar-refractivity contribution in [2.24, 2.45) is 23.7 Å². The van der Waals surface area contributed by atoms with Gasteiger partial charge in [0.1, 0.15) is 0 Å². The summed E-state index contributed by atoms with van der Waals surface area (Å²) in [4.78, 5) is 0. The van der Waals surface area contributed by atoms with Crippen molar-refractivity contribution >= 4 is 0 Å². The van der Waals surface area contributed by atoms with E-state index in [-0.39, 0.29) is 5.92 Å². The molecule has 1 N–H and O–H groups in total. The Morgan fingerprint density at radius 2 is 1.81 bits per heavy atom. The minimum atomic E-state index is -0.630. The predicted octanol–water partition coefficient (Wildman–Crippen LogP) is 3.80. The minimum Gasteiger partial charge on any atom is -0.389 e. The molecule has 92 valence electrons. The van der Waals surface area contributed by atoms with Crippen molar-refractivity contribution in [2.75, 3.05) is 0 Å². The van der Waals surface area contributed by atoms with Crippen molar-refractivity contribution in [2.45, 2.75) is 45.6 Å². The Labute approximate surface area is 100 Å². The standard InChI is InChI=1S/C15H26O/c1-6-13(7-2)15(16)10-12(5)8-9-14(15)11(3)4/h6-7,11-14,16H,1-2,8-10H2,3-5H3/t12-,14+,15-/m1/s1. The van der Waals surface area contributed by atoms with Crippen molar-refractivity contribution < 1.29 is 5.11 Å². The summed E-state index contributed by atoms with van der Waals surface area (Å²) in [7, 11) is 0. The lowest BCUT2D eigenvalue weighted by atomic mass is 9.62. The zero-order chi connectivity index (χ0) is 12.3. The van der Waals surface area contributed by atoms with Gasteiger partial charge < -0.3 is 5.11 Å². The van der Waals surface area contributed by atoms with Crippen LogP contribution in [0, 0.1) is 23.7 Å². The average Bonchev–Trinajstić information content (AvgIpc) is 2.18. The summed E-state index contributed by atoms with van der Waals surface area (Å²) in [5, 5.41) is 11.0. The molecule has 16 heavy (non-hydrogen) atoms. The summed E-state index contributed by atoms with van der Waals surface area (Å²) < 4.78 is 0. The lowest BCUT2D eigenvalue weighted by molar-refractivity contribution is -0.0981. The quantitative estimate of drug-likeness (QED) is 0.717. The number of aliphatic hydroxyl groups is 1. The summed E-state index contributed by atoms with van der Waals surface area (Å²) in [5.74, 6) is 1.50. The topological polar surface area (TPSA) is 20.2 Å². The molecule has 0 aromatic rings. The Bertz CT molecular complexity index is 248. The maximum atomic E-state index is 11.0. The van der Waals surface area contributed by atoms with Crippen LogP contribution in [0.3, 0.4) is 0 Å². The number of rotatable bonds is 4. The monoisotopic (exact) mass is 222 g/mol. The molecule has 1 aliphatic rings. The van der Waals surface area contributed by atoms with Crippen molar-refractivity contribution in [3.05, 3.63) is 25.3 Å². The molecule has 0 saturated heterocycles. The molecule has 0 heterocycles. The van der Waals surface area contributed by atoms with E-state index in [4.69, 9.17) is 0 Å². The van der Waals surface area contributed by atoms with E-state index in [1.54, 1.807) is 0 Å². The largest absolute Gasteiger partial charge is 0.389 e. The van der Waals surface area contributed by atoms with Crippen LogP contribution in [-0.4, -0.2) is 10.7 Å². The maximum absolute atomic E-state index is 11.0. The first-order chi connectivity index (χ1) is 7.45. The molecule has 0 aromatic carbocycles. The number of hydrogen-bond donors (Lipinski definition) is 1. The summed E-state index contributed by atoms with van der Waals surface area (Å²) in [6.45, 7) is 14.3. The zero-order valence-corrected chi connectivity index (χ0v) is 10.9. The van der Waals surface area contributed by atoms with Gasteiger partial charge in [-0.3, -0.25) is 0 Å². The fourth-order valence-electron chi connectivity index (χ4n) is 3.32. The molecule has 0 amide bonds. The van der Waals surface area contributed by atoms with Crippen molar-refractivity contribution in [3.63, 3.8) is 0 Å². The lowest BCUT2D eigenvalue weighted by Gasteiger charge is -2.47. The van der Waals surface area contributed by atoms with Gasteiger partial charge in [-0.1, -0.05) is 39.3 Å². The van der Waals surface area contributed by atoms with Gasteiger partial charge in [0.25, 0.3) is 0 Å². The number of hydrogen-bond acceptors (Lipinski definition) is 1. The SMILES string of the molecule is C=CC(C=C)[C@]1(O)C[C@H](C)CC[C@H]1C(C)C. The highest BCUT2D eigenvalue weighted by Crippen LogP contribution is 2.45. The molecule has 0 aliphatic heterocycles. The maximum Gasteiger partial charge on any atom is 0.0777 e. The highest BCUT2D eigenvalue weighted by atomic mass is 16.3. The molecule has 1 saturated carbocycles. The predicted molar refractivity (Wildman–Crippen MR) is 70.2 cm³/mol. The van der Waals surface area contributed by atoms with E-state index in [0.717, 1.165) is 12.8 Å². The van der Waals surface area contributed by atoms with Crippen LogP contribution in [-0.2, 0) is 0 Å². The van der Waals surface area contributed by atoms with Crippen molar-refractivity contribution in [3.8, 4) is 0 Å². The highest BCUT2D eigenvalue weighted by molar-refractivity contribution is 5.09. The van der Waals surface area contributed by atoms with E-state index in [1.807, 2.05) is 12.2 Å². The van der Waals surface area contributed by atoms with Gasteiger partial charge in [-0.15, -0.1) is 13.2 Å². The smallest absolute Gasteiger partial charge is 0.0777 e. The van der Waals surface area contributed by atoms with Crippen molar-refractivity contribution in [1.29, 1.82) is 0 Å². The molecule has 1 heteroatoms. The van der Waals surface area contributed by atoms with Crippen LogP contribution in [0.25, 0.3) is 0 Å². The first kappa shape index (κ1) is 13.5. The highest BCUT2D eigenvalue weighted by Gasteiger charge is 2.45. The van der Waals surface area contributed by atoms with Gasteiger partial charge in [0.05, 0.1) is 5.60 Å². The summed E-state index contributed by atoms with van der Waals surface area (Å²) in [6.07, 6.45) is 6.92. The molecule has 3 atom stereocenters. The van der Waals surface area contributed by atoms with E-state index in [2.05, 4.69) is 33.9 Å². The third-order valence-corrected chi connectivity index (χ3v) is 4.18. The zero-order valence-electron chi connectivity index (χ0n) is 10.9. The molecule has 1 rings (SSSR count). The molecule has 1 aliphatic carbocycles. The minimum absolute atomic E-state index is 0.0163. The summed E-state index contributed by atoms with van der Waals surface area (Å²) >= 11 is 0. The molecule has 0 bridgehead atoms. The Hall–Kier alpha value is -0.560. The molecule has 0 aromatic heterocycles.